The lowest BCUT2D eigenvalue weighted by molar-refractivity contribution is -0.677. The van der Waals surface area contributed by atoms with E-state index in [0.29, 0.717) is 0 Å². The number of unbranched alkanes of at least 4 members (excludes halogenated alkanes) is 3. The molecule has 0 bridgehead atoms. The van der Waals surface area contributed by atoms with Crippen LogP contribution >= 0.6 is 23.2 Å². The second kappa shape index (κ2) is 18.6. The third-order valence-electron chi connectivity index (χ3n) is 11.6. The molecular formula is C56H52Cl2N2+2. The van der Waals surface area contributed by atoms with E-state index in [1.54, 1.807) is 0 Å². The largest absolute Gasteiger partial charge is 0.213 e. The molecule has 0 amide bonds. The number of hydrogen-bond donors (Lipinski definition) is 0. The van der Waals surface area contributed by atoms with Crippen LogP contribution in [0.5, 0.6) is 0 Å². The third-order valence-corrected chi connectivity index (χ3v) is 12.0. The molecule has 0 spiro atoms. The van der Waals surface area contributed by atoms with Gasteiger partial charge in [-0.3, -0.25) is 0 Å². The first-order chi connectivity index (χ1) is 29.2. The number of aryl methyl sites for hydroxylation is 4. The Labute approximate surface area is 366 Å². The van der Waals surface area contributed by atoms with Crippen molar-refractivity contribution < 1.29 is 9.13 Å². The van der Waals surface area contributed by atoms with E-state index >= 15 is 0 Å². The molecule has 8 aromatic rings. The Bertz CT molecular complexity index is 2410. The summed E-state index contributed by atoms with van der Waals surface area (Å²) in [5, 5.41) is 1.48. The van der Waals surface area contributed by atoms with Gasteiger partial charge in [0.1, 0.15) is 13.1 Å². The lowest BCUT2D eigenvalue weighted by atomic mass is 9.97. The van der Waals surface area contributed by atoms with Crippen molar-refractivity contribution in [3.8, 4) is 67.3 Å². The van der Waals surface area contributed by atoms with Gasteiger partial charge in [-0.05, 0) is 136 Å². The Morgan fingerprint density at radius 3 is 0.850 bits per heavy atom. The number of aromatic nitrogens is 2. The molecule has 0 aliphatic rings. The molecule has 2 nitrogen and oxygen atoms in total. The first-order valence-electron chi connectivity index (χ1n) is 21.1. The summed E-state index contributed by atoms with van der Waals surface area (Å²) >= 11 is 13.1. The molecule has 0 atom stereocenters. The number of halogens is 2. The predicted octanol–water partition coefficient (Wildman–Crippen LogP) is 15.1. The number of hydrogen-bond acceptors (Lipinski definition) is 0. The van der Waals surface area contributed by atoms with Crippen molar-refractivity contribution in [2.45, 2.75) is 66.5 Å². The molecule has 6 aromatic carbocycles. The van der Waals surface area contributed by atoms with Gasteiger partial charge in [-0.15, -0.1) is 0 Å². The summed E-state index contributed by atoms with van der Waals surface area (Å²) in [6.07, 6.45) is 4.36. The maximum absolute atomic E-state index is 6.54. The highest BCUT2D eigenvalue weighted by Gasteiger charge is 2.25. The van der Waals surface area contributed by atoms with Crippen molar-refractivity contribution in [2.24, 2.45) is 0 Å². The Morgan fingerprint density at radius 1 is 0.300 bits per heavy atom. The van der Waals surface area contributed by atoms with E-state index in [2.05, 4.69) is 182 Å². The number of benzene rings is 6. The highest BCUT2D eigenvalue weighted by atomic mass is 35.5. The van der Waals surface area contributed by atoms with Crippen LogP contribution in [-0.2, 0) is 13.1 Å². The molecule has 0 radical (unpaired) electrons. The summed E-state index contributed by atoms with van der Waals surface area (Å²) in [5.41, 5.74) is 19.3. The SMILES string of the molecule is Cc1ccc(-c2cc(-c3cccc(Cl)c3)cc(-c3ccc(C)cc3)[n+]2CCCCCC[n+]2c(-c3ccc(C)cc3)cc(-c3cccc(Cl)c3)cc2-c2ccc(C)cc2)cc1. The molecule has 0 fully saturated rings. The maximum atomic E-state index is 6.54. The zero-order chi connectivity index (χ0) is 41.6. The summed E-state index contributed by atoms with van der Waals surface area (Å²) in [7, 11) is 0. The molecule has 298 valence electrons. The van der Waals surface area contributed by atoms with Gasteiger partial charge >= 0.3 is 0 Å². The standard InChI is InChI=1S/C56H52Cl2N2/c1-39-15-23-43(24-16-39)53-35-49(47-11-9-13-51(57)33-47)36-54(44-25-17-40(2)18-26-44)59(53)31-7-5-6-8-32-60-55(45-27-19-41(3)20-28-45)37-50(48-12-10-14-52(58)34-48)38-56(60)46-29-21-42(4)22-30-46/h9-30,33-38H,5-8,31-32H2,1-4H3/q+2. The van der Waals surface area contributed by atoms with Crippen molar-refractivity contribution >= 4 is 23.2 Å². The predicted molar refractivity (Wildman–Crippen MR) is 253 cm³/mol. The third kappa shape index (κ3) is 9.63. The minimum absolute atomic E-state index is 0.741. The van der Waals surface area contributed by atoms with Crippen molar-refractivity contribution in [3.63, 3.8) is 0 Å². The van der Waals surface area contributed by atoms with Gasteiger partial charge in [0.2, 0.25) is 22.8 Å². The first kappa shape index (κ1) is 41.0. The molecule has 8 rings (SSSR count). The fourth-order valence-corrected chi connectivity index (χ4v) is 8.52. The molecule has 4 heteroatoms. The van der Waals surface area contributed by atoms with Gasteiger partial charge in [0, 0.05) is 69.4 Å². The zero-order valence-corrected chi connectivity index (χ0v) is 36.6. The average molecular weight is 824 g/mol. The Balaban J connectivity index is 1.11. The molecule has 0 saturated heterocycles. The van der Waals surface area contributed by atoms with Gasteiger partial charge in [-0.2, -0.15) is 9.13 Å². The first-order valence-corrected chi connectivity index (χ1v) is 21.9. The Hall–Kier alpha value is -5.80. The highest BCUT2D eigenvalue weighted by molar-refractivity contribution is 6.31. The van der Waals surface area contributed by atoms with Gasteiger partial charge in [-0.25, -0.2) is 0 Å². The van der Waals surface area contributed by atoms with Crippen molar-refractivity contribution in [3.05, 3.63) is 202 Å². The number of nitrogens with zero attached hydrogens (tertiary/aromatic N) is 2. The Kier molecular flexibility index (Phi) is 12.7. The summed E-state index contributed by atoms with van der Waals surface area (Å²) in [6, 6.07) is 61.6. The minimum Gasteiger partial charge on any atom is -0.191 e. The number of pyridine rings is 2. The van der Waals surface area contributed by atoms with Crippen LogP contribution in [-0.4, -0.2) is 0 Å². The van der Waals surface area contributed by atoms with Crippen LogP contribution in [0, 0.1) is 27.7 Å². The van der Waals surface area contributed by atoms with Crippen LogP contribution in [0.25, 0.3) is 67.3 Å². The lowest BCUT2D eigenvalue weighted by Crippen LogP contribution is -2.39. The van der Waals surface area contributed by atoms with Crippen LogP contribution in [0.4, 0.5) is 0 Å². The second-order valence-electron chi connectivity index (χ2n) is 16.2. The Morgan fingerprint density at radius 2 is 0.583 bits per heavy atom. The lowest BCUT2D eigenvalue weighted by Gasteiger charge is -2.14. The van der Waals surface area contributed by atoms with Crippen LogP contribution in [0.2, 0.25) is 10.0 Å². The molecule has 0 N–H and O–H groups in total. The van der Waals surface area contributed by atoms with E-state index in [0.717, 1.165) is 71.1 Å². The van der Waals surface area contributed by atoms with Gasteiger partial charge in [-0.1, -0.05) is 118 Å². The molecule has 0 aliphatic carbocycles. The van der Waals surface area contributed by atoms with Crippen LogP contribution in [0.15, 0.2) is 170 Å². The van der Waals surface area contributed by atoms with Crippen molar-refractivity contribution in [1.82, 2.24) is 0 Å². The van der Waals surface area contributed by atoms with Crippen LogP contribution < -0.4 is 9.13 Å². The molecule has 2 heterocycles. The molecule has 2 aromatic heterocycles. The van der Waals surface area contributed by atoms with Crippen LogP contribution in [0.3, 0.4) is 0 Å². The van der Waals surface area contributed by atoms with E-state index in [1.807, 2.05) is 24.3 Å². The van der Waals surface area contributed by atoms with E-state index < -0.39 is 0 Å². The molecule has 0 unspecified atom stereocenters. The van der Waals surface area contributed by atoms with Crippen molar-refractivity contribution in [1.29, 1.82) is 0 Å². The fraction of sp³-hybridized carbons (Fsp3) is 0.179. The van der Waals surface area contributed by atoms with Gasteiger partial charge in [0.05, 0.1) is 0 Å². The smallest absolute Gasteiger partial charge is 0.191 e. The van der Waals surface area contributed by atoms with E-state index in [9.17, 15) is 0 Å². The summed E-state index contributed by atoms with van der Waals surface area (Å²) in [4.78, 5) is 0. The monoisotopic (exact) mass is 822 g/mol. The topological polar surface area (TPSA) is 7.76 Å². The van der Waals surface area contributed by atoms with E-state index in [-0.39, 0.29) is 0 Å². The summed E-state index contributed by atoms with van der Waals surface area (Å²) in [6.45, 7) is 10.4. The molecule has 60 heavy (non-hydrogen) atoms. The van der Waals surface area contributed by atoms with E-state index in [1.165, 1.54) is 67.3 Å². The zero-order valence-electron chi connectivity index (χ0n) is 35.1. The quantitative estimate of drug-likeness (QED) is 0.0808. The number of rotatable bonds is 13. The van der Waals surface area contributed by atoms with Crippen molar-refractivity contribution in [2.75, 3.05) is 0 Å². The van der Waals surface area contributed by atoms with Gasteiger partial charge < -0.3 is 0 Å². The molecular weight excluding hydrogens is 772 g/mol. The van der Waals surface area contributed by atoms with Crippen LogP contribution in [0.1, 0.15) is 47.9 Å². The van der Waals surface area contributed by atoms with Gasteiger partial charge in [0.15, 0.2) is 0 Å². The van der Waals surface area contributed by atoms with Gasteiger partial charge in [0.25, 0.3) is 0 Å². The minimum atomic E-state index is 0.741. The summed E-state index contributed by atoms with van der Waals surface area (Å²) in [5.74, 6) is 0. The average Bonchev–Trinajstić information content (AvgIpc) is 3.26. The summed E-state index contributed by atoms with van der Waals surface area (Å²) < 4.78 is 5.08. The fourth-order valence-electron chi connectivity index (χ4n) is 8.14. The molecule has 0 saturated carbocycles. The molecule has 0 aliphatic heterocycles. The highest BCUT2D eigenvalue weighted by Crippen LogP contribution is 2.33. The maximum Gasteiger partial charge on any atom is 0.213 e. The normalized spacial score (nSPS) is 11.2. The second-order valence-corrected chi connectivity index (χ2v) is 17.1. The van der Waals surface area contributed by atoms with E-state index in [4.69, 9.17) is 23.2 Å².